The standard InChI is InChI=1S/C28H32F6N4O2.CH5N/c1-26(2,3)40-25(39)37-9-5-8-22(21-12-17-6-4-7-18(17)13-23(21)37)38(24(35)36)15-16-10-19(27(29,30)31)14-20(11-16)28(32,33)34;1-2/h10-14,22H,4-9,15H2,1-3H3,(H3,35,36);2H2,1H3. The van der Waals surface area contributed by atoms with Crippen molar-refractivity contribution in [1.29, 1.82) is 5.41 Å². The molecule has 1 unspecified atom stereocenters. The van der Waals surface area contributed by atoms with Crippen molar-refractivity contribution in [3.05, 3.63) is 63.7 Å². The third-order valence-corrected chi connectivity index (χ3v) is 7.05. The number of aryl methyl sites for hydroxylation is 2. The molecule has 0 fully saturated rings. The summed E-state index contributed by atoms with van der Waals surface area (Å²) in [4.78, 5) is 16.0. The summed E-state index contributed by atoms with van der Waals surface area (Å²) in [6, 6.07) is 4.54. The normalized spacial score (nSPS) is 16.9. The highest BCUT2D eigenvalue weighted by Gasteiger charge is 2.38. The number of carbonyl (C=O) groups excluding carboxylic acids is 1. The molecule has 13 heteroatoms. The summed E-state index contributed by atoms with van der Waals surface area (Å²) in [6.07, 6.45) is -7.24. The molecule has 4 rings (SSSR count). The summed E-state index contributed by atoms with van der Waals surface area (Å²) in [5.41, 5.74) is 9.80. The summed E-state index contributed by atoms with van der Waals surface area (Å²) in [7, 11) is 1.50. The Balaban J connectivity index is 0.00000237. The van der Waals surface area contributed by atoms with E-state index in [4.69, 9.17) is 15.9 Å². The second-order valence-corrected chi connectivity index (χ2v) is 11.3. The number of nitrogens with two attached hydrogens (primary N) is 2. The Bertz CT molecular complexity index is 1270. The lowest BCUT2D eigenvalue weighted by atomic mass is 9.95. The minimum atomic E-state index is -5.00. The Hall–Kier alpha value is -3.48. The average Bonchev–Trinajstić information content (AvgIpc) is 3.25. The first-order chi connectivity index (χ1) is 19.4. The Kier molecular flexibility index (Phi) is 9.75. The van der Waals surface area contributed by atoms with Crippen molar-refractivity contribution in [2.75, 3.05) is 18.5 Å². The highest BCUT2D eigenvalue weighted by atomic mass is 19.4. The van der Waals surface area contributed by atoms with Crippen molar-refractivity contribution in [3.63, 3.8) is 0 Å². The molecule has 1 heterocycles. The van der Waals surface area contributed by atoms with Crippen molar-refractivity contribution in [2.24, 2.45) is 11.5 Å². The second-order valence-electron chi connectivity index (χ2n) is 11.3. The van der Waals surface area contributed by atoms with Crippen molar-refractivity contribution in [3.8, 4) is 0 Å². The highest BCUT2D eigenvalue weighted by molar-refractivity contribution is 5.90. The number of amides is 1. The lowest BCUT2D eigenvalue weighted by Gasteiger charge is -2.34. The monoisotopic (exact) mass is 601 g/mol. The van der Waals surface area contributed by atoms with Gasteiger partial charge in [0.2, 0.25) is 0 Å². The van der Waals surface area contributed by atoms with Crippen LogP contribution in [0, 0.1) is 5.41 Å². The van der Waals surface area contributed by atoms with Crippen LogP contribution in [0.2, 0.25) is 0 Å². The van der Waals surface area contributed by atoms with Crippen LogP contribution < -0.4 is 16.4 Å². The summed E-state index contributed by atoms with van der Waals surface area (Å²) >= 11 is 0. The second kappa shape index (κ2) is 12.4. The Labute approximate surface area is 241 Å². The molecule has 1 amide bonds. The van der Waals surface area contributed by atoms with E-state index < -0.39 is 53.7 Å². The summed E-state index contributed by atoms with van der Waals surface area (Å²) in [6.45, 7) is 5.06. The van der Waals surface area contributed by atoms with Crippen LogP contribution in [-0.4, -0.2) is 36.1 Å². The van der Waals surface area contributed by atoms with E-state index in [1.165, 1.54) is 16.8 Å². The van der Waals surface area contributed by atoms with E-state index >= 15 is 0 Å². The molecule has 5 N–H and O–H groups in total. The molecule has 2 aliphatic rings. The smallest absolute Gasteiger partial charge is 0.416 e. The predicted octanol–water partition coefficient (Wildman–Crippen LogP) is 6.76. The van der Waals surface area contributed by atoms with Gasteiger partial charge in [0.05, 0.1) is 22.9 Å². The Morgan fingerprint density at radius 2 is 1.50 bits per heavy atom. The van der Waals surface area contributed by atoms with Crippen LogP contribution in [0.1, 0.15) is 79.5 Å². The van der Waals surface area contributed by atoms with E-state index in [0.29, 0.717) is 36.2 Å². The molecule has 0 bridgehead atoms. The highest BCUT2D eigenvalue weighted by Crippen LogP contribution is 2.42. The number of ether oxygens (including phenoxy) is 1. The topological polar surface area (TPSA) is 109 Å². The van der Waals surface area contributed by atoms with Gasteiger partial charge in [0.1, 0.15) is 5.60 Å². The molecule has 1 aliphatic carbocycles. The number of hydrogen-bond donors (Lipinski definition) is 3. The van der Waals surface area contributed by atoms with E-state index in [1.54, 1.807) is 20.8 Å². The van der Waals surface area contributed by atoms with Gasteiger partial charge in [-0.2, -0.15) is 26.3 Å². The van der Waals surface area contributed by atoms with Gasteiger partial charge in [-0.3, -0.25) is 10.3 Å². The third-order valence-electron chi connectivity index (χ3n) is 7.05. The minimum absolute atomic E-state index is 0.0740. The molecule has 1 atom stereocenters. The number of guanidine groups is 1. The summed E-state index contributed by atoms with van der Waals surface area (Å²) < 4.78 is 86.7. The number of fused-ring (bicyclic) bond motifs is 2. The molecule has 2 aromatic rings. The van der Waals surface area contributed by atoms with Crippen LogP contribution >= 0.6 is 0 Å². The Morgan fingerprint density at radius 3 is 2.00 bits per heavy atom. The maximum Gasteiger partial charge on any atom is 0.416 e. The molecule has 2 aromatic carbocycles. The molecule has 1 aliphatic heterocycles. The lowest BCUT2D eigenvalue weighted by molar-refractivity contribution is -0.143. The van der Waals surface area contributed by atoms with Gasteiger partial charge in [0.15, 0.2) is 5.96 Å². The molecular weight excluding hydrogens is 564 g/mol. The number of anilines is 1. The van der Waals surface area contributed by atoms with E-state index in [-0.39, 0.29) is 18.2 Å². The number of halogens is 6. The number of rotatable bonds is 3. The fourth-order valence-corrected chi connectivity index (χ4v) is 5.35. The number of nitrogens with zero attached hydrogens (tertiary/aromatic N) is 2. The molecule has 0 radical (unpaired) electrons. The molecule has 42 heavy (non-hydrogen) atoms. The van der Waals surface area contributed by atoms with E-state index in [0.717, 1.165) is 30.4 Å². The summed E-state index contributed by atoms with van der Waals surface area (Å²) in [5, 5.41) is 8.26. The SMILES string of the molecule is CC(C)(C)OC(=O)N1CCCC(N(Cc2cc(C(F)(F)F)cc(C(F)(F)F)c2)C(=N)N)c2cc3c(cc21)CCC3.CN. The fourth-order valence-electron chi connectivity index (χ4n) is 5.35. The van der Waals surface area contributed by atoms with Crippen LogP contribution in [0.4, 0.5) is 36.8 Å². The molecule has 7 nitrogen and oxygen atoms in total. The maximum absolute atomic E-state index is 13.5. The fraction of sp³-hybridized carbons (Fsp3) is 0.517. The summed E-state index contributed by atoms with van der Waals surface area (Å²) in [5.74, 6) is -0.506. The molecular formula is C29H37F6N5O2. The van der Waals surface area contributed by atoms with E-state index in [2.05, 4.69) is 5.73 Å². The molecule has 0 saturated carbocycles. The first-order valence-corrected chi connectivity index (χ1v) is 13.6. The number of carbonyl (C=O) groups is 1. The number of benzene rings is 2. The van der Waals surface area contributed by atoms with Crippen LogP contribution in [0.15, 0.2) is 30.3 Å². The molecule has 0 saturated heterocycles. The van der Waals surface area contributed by atoms with Crippen molar-refractivity contribution in [1.82, 2.24) is 4.90 Å². The van der Waals surface area contributed by atoms with Gasteiger partial charge in [-0.15, -0.1) is 0 Å². The zero-order valence-electron chi connectivity index (χ0n) is 24.0. The predicted molar refractivity (Wildman–Crippen MR) is 148 cm³/mol. The van der Waals surface area contributed by atoms with Crippen LogP contribution in [0.5, 0.6) is 0 Å². The molecule has 0 aromatic heterocycles. The largest absolute Gasteiger partial charge is 0.443 e. The molecule has 0 spiro atoms. The first kappa shape index (κ1) is 33.0. The van der Waals surface area contributed by atoms with Crippen LogP contribution in [-0.2, 0) is 36.5 Å². The van der Waals surface area contributed by atoms with Gasteiger partial charge >= 0.3 is 18.4 Å². The zero-order valence-corrected chi connectivity index (χ0v) is 24.0. The van der Waals surface area contributed by atoms with Crippen molar-refractivity contribution in [2.45, 2.75) is 83.4 Å². The van der Waals surface area contributed by atoms with Gasteiger partial charge in [-0.05, 0) is 106 Å². The quantitative estimate of drug-likeness (QED) is 0.205. The van der Waals surface area contributed by atoms with Crippen LogP contribution in [0.25, 0.3) is 0 Å². The van der Waals surface area contributed by atoms with Gasteiger partial charge in [-0.25, -0.2) is 4.79 Å². The van der Waals surface area contributed by atoms with E-state index in [9.17, 15) is 31.1 Å². The average molecular weight is 602 g/mol. The van der Waals surface area contributed by atoms with Crippen molar-refractivity contribution >= 4 is 17.7 Å². The van der Waals surface area contributed by atoms with Crippen LogP contribution in [0.3, 0.4) is 0 Å². The lowest BCUT2D eigenvalue weighted by Crippen LogP contribution is -2.39. The minimum Gasteiger partial charge on any atom is -0.443 e. The van der Waals surface area contributed by atoms with E-state index in [1.807, 2.05) is 12.1 Å². The first-order valence-electron chi connectivity index (χ1n) is 13.6. The van der Waals surface area contributed by atoms with Gasteiger partial charge < -0.3 is 21.1 Å². The van der Waals surface area contributed by atoms with Gasteiger partial charge in [0, 0.05) is 13.1 Å². The number of alkyl halides is 6. The third kappa shape index (κ3) is 7.67. The Morgan fingerprint density at radius 1 is 0.952 bits per heavy atom. The zero-order chi connectivity index (χ0) is 31.6. The molecule has 232 valence electrons. The number of nitrogens with one attached hydrogen (secondary N) is 1. The van der Waals surface area contributed by atoms with Gasteiger partial charge in [-0.1, -0.05) is 6.07 Å². The number of hydrogen-bond acceptors (Lipinski definition) is 4. The maximum atomic E-state index is 13.5. The van der Waals surface area contributed by atoms with Gasteiger partial charge in [0.25, 0.3) is 0 Å². The van der Waals surface area contributed by atoms with Crippen molar-refractivity contribution < 1.29 is 35.9 Å².